The van der Waals surface area contributed by atoms with Crippen LogP contribution in [-0.4, -0.2) is 46.4 Å². The fourth-order valence-electron chi connectivity index (χ4n) is 4.49. The van der Waals surface area contributed by atoms with E-state index in [-0.39, 0.29) is 55.5 Å². The van der Waals surface area contributed by atoms with E-state index < -0.39 is 39.1 Å². The van der Waals surface area contributed by atoms with Gasteiger partial charge in [-0.3, -0.25) is 23.9 Å². The minimum atomic E-state index is -3.81. The number of benzene rings is 1. The Morgan fingerprint density at radius 1 is 1.16 bits per heavy atom. The summed E-state index contributed by atoms with van der Waals surface area (Å²) in [6.07, 6.45) is 1.03. The normalized spacial score (nSPS) is 16.8. The van der Waals surface area contributed by atoms with E-state index in [9.17, 15) is 27.6 Å². The molecule has 12 heteroatoms. The van der Waals surface area contributed by atoms with Crippen LogP contribution in [0.2, 0.25) is 0 Å². The van der Waals surface area contributed by atoms with Gasteiger partial charge in [0, 0.05) is 25.9 Å². The molecule has 1 aromatic heterocycles. The smallest absolute Gasteiger partial charge is 0.330 e. The number of unbranched alkanes of at least 4 members (excludes halogenated alkanes) is 1. The number of nitrogens with two attached hydrogens (primary N) is 1. The summed E-state index contributed by atoms with van der Waals surface area (Å²) in [6.45, 7) is 6.05. The first-order chi connectivity index (χ1) is 17.5. The van der Waals surface area contributed by atoms with Crippen LogP contribution in [0.25, 0.3) is 0 Å². The molecule has 37 heavy (non-hydrogen) atoms. The summed E-state index contributed by atoms with van der Waals surface area (Å²) in [7, 11) is -3.81. The van der Waals surface area contributed by atoms with Gasteiger partial charge in [-0.05, 0) is 24.3 Å². The van der Waals surface area contributed by atoms with Gasteiger partial charge >= 0.3 is 5.69 Å². The van der Waals surface area contributed by atoms with Gasteiger partial charge in [0.25, 0.3) is 5.56 Å². The van der Waals surface area contributed by atoms with E-state index in [0.29, 0.717) is 12.0 Å². The largest absolute Gasteiger partial charge is 0.383 e. The Morgan fingerprint density at radius 2 is 1.84 bits per heavy atom. The molecule has 202 valence electrons. The topological polar surface area (TPSA) is 156 Å². The molecular formula is C25H35N5O6S. The number of carbonyl (C=O) groups is 2. The zero-order valence-electron chi connectivity index (χ0n) is 21.5. The first-order valence-electron chi connectivity index (χ1n) is 12.5. The van der Waals surface area contributed by atoms with Crippen molar-refractivity contribution in [2.24, 2.45) is 5.92 Å². The number of nitrogens with one attached hydrogen (secondary N) is 1. The number of nitrogens with zero attached hydrogens (tertiary/aromatic N) is 3. The fraction of sp³-hybridized carbons (Fsp3) is 0.520. The van der Waals surface area contributed by atoms with Crippen molar-refractivity contribution in [3.8, 4) is 0 Å². The van der Waals surface area contributed by atoms with Gasteiger partial charge in [-0.2, -0.15) is 0 Å². The number of aromatic amines is 1. The molecule has 1 saturated heterocycles. The van der Waals surface area contributed by atoms with E-state index in [1.54, 1.807) is 30.3 Å². The number of rotatable bonds is 10. The first kappa shape index (κ1) is 28.2. The Balaban J connectivity index is 1.87. The molecule has 1 fully saturated rings. The number of H-pyrrole nitrogens is 1. The molecule has 0 saturated carbocycles. The van der Waals surface area contributed by atoms with Gasteiger partial charge in [0.05, 0.1) is 11.8 Å². The average Bonchev–Trinajstić information content (AvgIpc) is 3.16. The standard InChI is InChI=1S/C25H35N5O6S/c1-4-5-14-28-23(26)22(24(33)27-25(28)34)29(16-17(2)3)20(31)11-12-21(32)30-19(13-15-37(30,35)36)18-9-7-6-8-10-18/h6-10,17,19H,4-5,11-16,26H2,1-3H3,(H,27,33,34). The van der Waals surface area contributed by atoms with Crippen molar-refractivity contribution >= 4 is 33.3 Å². The molecule has 2 amide bonds. The number of amides is 2. The molecule has 2 aromatic rings. The molecule has 0 radical (unpaired) electrons. The molecule has 11 nitrogen and oxygen atoms in total. The van der Waals surface area contributed by atoms with Crippen LogP contribution < -0.4 is 21.9 Å². The highest BCUT2D eigenvalue weighted by atomic mass is 32.2. The van der Waals surface area contributed by atoms with Crippen molar-refractivity contribution in [2.75, 3.05) is 22.9 Å². The van der Waals surface area contributed by atoms with Gasteiger partial charge in [0.2, 0.25) is 21.8 Å². The van der Waals surface area contributed by atoms with Gasteiger partial charge in [0.15, 0.2) is 5.69 Å². The third-order valence-corrected chi connectivity index (χ3v) is 8.09. The summed E-state index contributed by atoms with van der Waals surface area (Å²) in [5.74, 6) is -1.58. The summed E-state index contributed by atoms with van der Waals surface area (Å²) < 4.78 is 27.5. The molecular weight excluding hydrogens is 498 g/mol. The molecule has 1 aliphatic heterocycles. The minimum absolute atomic E-state index is 0.0594. The Bertz CT molecular complexity index is 1350. The van der Waals surface area contributed by atoms with Crippen LogP contribution in [0, 0.1) is 5.92 Å². The van der Waals surface area contributed by atoms with Crippen molar-refractivity contribution in [1.29, 1.82) is 0 Å². The molecule has 1 atom stereocenters. The van der Waals surface area contributed by atoms with Gasteiger partial charge in [-0.1, -0.05) is 57.5 Å². The monoisotopic (exact) mass is 533 g/mol. The van der Waals surface area contributed by atoms with Crippen LogP contribution in [0.1, 0.15) is 64.5 Å². The summed E-state index contributed by atoms with van der Waals surface area (Å²) in [5, 5.41) is 0. The summed E-state index contributed by atoms with van der Waals surface area (Å²) in [6, 6.07) is 8.27. The first-order valence-corrected chi connectivity index (χ1v) is 14.1. The lowest BCUT2D eigenvalue weighted by Gasteiger charge is -2.27. The SMILES string of the molecule is CCCCn1c(N)c(N(CC(C)C)C(=O)CCC(=O)N2C(c3ccccc3)CCS2(=O)=O)c(=O)[nH]c1=O. The van der Waals surface area contributed by atoms with Gasteiger partial charge in [0.1, 0.15) is 5.82 Å². The number of carbonyl (C=O) groups excluding carboxylic acids is 2. The quantitative estimate of drug-likeness (QED) is 0.473. The van der Waals surface area contributed by atoms with Crippen LogP contribution in [0.3, 0.4) is 0 Å². The Labute approximate surface area is 216 Å². The Kier molecular flexibility index (Phi) is 8.95. The van der Waals surface area contributed by atoms with Crippen molar-refractivity contribution in [3.05, 3.63) is 56.7 Å². The van der Waals surface area contributed by atoms with Gasteiger partial charge < -0.3 is 10.6 Å². The van der Waals surface area contributed by atoms with Crippen LogP contribution in [-0.2, 0) is 26.2 Å². The molecule has 0 spiro atoms. The van der Waals surface area contributed by atoms with Gasteiger partial charge in [-0.25, -0.2) is 17.5 Å². The molecule has 0 aliphatic carbocycles. The van der Waals surface area contributed by atoms with E-state index in [2.05, 4.69) is 4.98 Å². The highest BCUT2D eigenvalue weighted by Gasteiger charge is 2.41. The van der Waals surface area contributed by atoms with Crippen LogP contribution >= 0.6 is 0 Å². The molecule has 2 heterocycles. The maximum Gasteiger partial charge on any atom is 0.330 e. The van der Waals surface area contributed by atoms with Crippen LogP contribution in [0.5, 0.6) is 0 Å². The number of hydrogen-bond donors (Lipinski definition) is 2. The minimum Gasteiger partial charge on any atom is -0.383 e. The van der Waals surface area contributed by atoms with Crippen molar-refractivity contribution in [3.63, 3.8) is 0 Å². The van der Waals surface area contributed by atoms with Crippen molar-refractivity contribution in [2.45, 2.75) is 65.5 Å². The Hall–Kier alpha value is -3.41. The molecule has 1 unspecified atom stereocenters. The second-order valence-electron chi connectivity index (χ2n) is 9.62. The summed E-state index contributed by atoms with van der Waals surface area (Å²) >= 11 is 0. The van der Waals surface area contributed by atoms with E-state index in [4.69, 9.17) is 5.73 Å². The van der Waals surface area contributed by atoms with E-state index in [0.717, 1.165) is 10.7 Å². The van der Waals surface area contributed by atoms with Crippen molar-refractivity contribution in [1.82, 2.24) is 13.9 Å². The van der Waals surface area contributed by atoms with Gasteiger partial charge in [-0.15, -0.1) is 0 Å². The van der Waals surface area contributed by atoms with Crippen LogP contribution in [0.15, 0.2) is 39.9 Å². The predicted molar refractivity (Wildman–Crippen MR) is 142 cm³/mol. The predicted octanol–water partition coefficient (Wildman–Crippen LogP) is 1.99. The third kappa shape index (κ3) is 6.30. The highest BCUT2D eigenvalue weighted by molar-refractivity contribution is 7.89. The second-order valence-corrected chi connectivity index (χ2v) is 11.6. The fourth-order valence-corrected chi connectivity index (χ4v) is 6.23. The van der Waals surface area contributed by atoms with E-state index in [1.165, 1.54) is 9.47 Å². The third-order valence-electron chi connectivity index (χ3n) is 6.28. The summed E-state index contributed by atoms with van der Waals surface area (Å²) in [4.78, 5) is 55.0. The zero-order chi connectivity index (χ0) is 27.3. The summed E-state index contributed by atoms with van der Waals surface area (Å²) in [5.41, 5.74) is 5.33. The maximum absolute atomic E-state index is 13.3. The number of sulfonamides is 1. The lowest BCUT2D eigenvalue weighted by molar-refractivity contribution is -0.130. The molecule has 3 N–H and O–H groups in total. The number of anilines is 2. The van der Waals surface area contributed by atoms with Crippen LogP contribution in [0.4, 0.5) is 11.5 Å². The number of hydrogen-bond acceptors (Lipinski definition) is 7. The molecule has 1 aliphatic rings. The average molecular weight is 534 g/mol. The molecule has 3 rings (SSSR count). The lowest BCUT2D eigenvalue weighted by Crippen LogP contribution is -2.43. The van der Waals surface area contributed by atoms with E-state index >= 15 is 0 Å². The number of aromatic nitrogens is 2. The zero-order valence-corrected chi connectivity index (χ0v) is 22.3. The lowest BCUT2D eigenvalue weighted by atomic mass is 10.0. The van der Waals surface area contributed by atoms with Crippen molar-refractivity contribution < 1.29 is 18.0 Å². The second kappa shape index (κ2) is 11.8. The molecule has 1 aromatic carbocycles. The van der Waals surface area contributed by atoms with E-state index in [1.807, 2.05) is 20.8 Å². The molecule has 0 bridgehead atoms. The number of nitrogen functional groups attached to an aromatic ring is 1. The maximum atomic E-state index is 13.3. The highest BCUT2D eigenvalue weighted by Crippen LogP contribution is 2.35. The Morgan fingerprint density at radius 3 is 2.46 bits per heavy atom.